The first kappa shape index (κ1) is 19.3. The molecule has 1 aliphatic rings. The molecule has 0 atom stereocenters. The molecule has 2 heterocycles. The van der Waals surface area contributed by atoms with Crippen LogP contribution in [-0.4, -0.2) is 49.1 Å². The maximum Gasteiger partial charge on any atom is 0.243 e. The van der Waals surface area contributed by atoms with E-state index < -0.39 is 10.0 Å². The van der Waals surface area contributed by atoms with Crippen LogP contribution < -0.4 is 4.90 Å². The summed E-state index contributed by atoms with van der Waals surface area (Å²) in [4.78, 5) is 2.50. The Morgan fingerprint density at radius 3 is 2.27 bits per heavy atom. The molecule has 3 rings (SSSR count). The first-order chi connectivity index (χ1) is 12.4. The van der Waals surface area contributed by atoms with E-state index >= 15 is 0 Å². The molecule has 0 spiro atoms. The first-order valence-corrected chi connectivity index (χ1v) is 11.3. The summed E-state index contributed by atoms with van der Waals surface area (Å²) in [6.45, 7) is 8.53. The van der Waals surface area contributed by atoms with Gasteiger partial charge in [0, 0.05) is 32.1 Å². The number of aromatic nitrogens is 2. The highest BCUT2D eigenvalue weighted by molar-refractivity contribution is 7.89. The summed E-state index contributed by atoms with van der Waals surface area (Å²) in [6, 6.07) is 7.29. The van der Waals surface area contributed by atoms with Crippen molar-refractivity contribution in [3.63, 3.8) is 0 Å². The molecule has 6 nitrogen and oxygen atoms in total. The van der Waals surface area contributed by atoms with Crippen molar-refractivity contribution in [1.82, 2.24) is 14.5 Å². The second-order valence-corrected chi connectivity index (χ2v) is 9.79. The standard InChI is InChI=1S/C18H26N4O2S2/c1-4-5-15-6-8-16(9-7-15)26(23,24)22-12-10-21(11-13-22)18-20-19-17(25-18)14(2)3/h6-9,14H,4-5,10-13H2,1-3H3. The van der Waals surface area contributed by atoms with Gasteiger partial charge in [-0.1, -0.05) is 50.7 Å². The number of anilines is 1. The Labute approximate surface area is 159 Å². The predicted molar refractivity (Wildman–Crippen MR) is 105 cm³/mol. The normalized spacial score (nSPS) is 16.4. The molecule has 26 heavy (non-hydrogen) atoms. The van der Waals surface area contributed by atoms with Gasteiger partial charge in [-0.25, -0.2) is 8.42 Å². The lowest BCUT2D eigenvalue weighted by molar-refractivity contribution is 0.384. The van der Waals surface area contributed by atoms with Gasteiger partial charge in [-0.2, -0.15) is 4.31 Å². The fraction of sp³-hybridized carbons (Fsp3) is 0.556. The Kier molecular flexibility index (Phi) is 5.94. The number of hydrogen-bond donors (Lipinski definition) is 0. The summed E-state index contributed by atoms with van der Waals surface area (Å²) in [7, 11) is -3.43. The Bertz CT molecular complexity index is 823. The predicted octanol–water partition coefficient (Wildman–Crippen LogP) is 3.12. The van der Waals surface area contributed by atoms with E-state index in [4.69, 9.17) is 0 Å². The lowest BCUT2D eigenvalue weighted by Crippen LogP contribution is -2.48. The Morgan fingerprint density at radius 2 is 1.73 bits per heavy atom. The zero-order chi connectivity index (χ0) is 18.7. The van der Waals surface area contributed by atoms with Crippen LogP contribution in [-0.2, 0) is 16.4 Å². The van der Waals surface area contributed by atoms with Crippen molar-refractivity contribution in [1.29, 1.82) is 0 Å². The van der Waals surface area contributed by atoms with Crippen molar-refractivity contribution >= 4 is 26.5 Å². The van der Waals surface area contributed by atoms with Crippen molar-refractivity contribution in [2.75, 3.05) is 31.1 Å². The largest absolute Gasteiger partial charge is 0.344 e. The van der Waals surface area contributed by atoms with Crippen molar-refractivity contribution in [3.8, 4) is 0 Å². The van der Waals surface area contributed by atoms with Crippen LogP contribution in [0.2, 0.25) is 0 Å². The van der Waals surface area contributed by atoms with Crippen LogP contribution >= 0.6 is 11.3 Å². The third-order valence-corrected chi connectivity index (χ3v) is 7.73. The third kappa shape index (κ3) is 4.07. The fourth-order valence-corrected chi connectivity index (χ4v) is 5.29. The molecule has 0 N–H and O–H groups in total. The van der Waals surface area contributed by atoms with Crippen molar-refractivity contribution < 1.29 is 8.42 Å². The lowest BCUT2D eigenvalue weighted by atomic mass is 10.1. The van der Waals surface area contributed by atoms with Gasteiger partial charge in [0.05, 0.1) is 4.90 Å². The van der Waals surface area contributed by atoms with Crippen LogP contribution in [0.1, 0.15) is 43.7 Å². The highest BCUT2D eigenvalue weighted by atomic mass is 32.2. The molecule has 2 aromatic rings. The number of benzene rings is 1. The van der Waals surface area contributed by atoms with Gasteiger partial charge in [-0.15, -0.1) is 10.2 Å². The second kappa shape index (κ2) is 8.02. The van der Waals surface area contributed by atoms with E-state index in [1.807, 2.05) is 12.1 Å². The molecule has 1 aromatic heterocycles. The second-order valence-electron chi connectivity index (χ2n) is 6.86. The Balaban J connectivity index is 1.66. The summed E-state index contributed by atoms with van der Waals surface area (Å²) in [5.41, 5.74) is 1.17. The summed E-state index contributed by atoms with van der Waals surface area (Å²) >= 11 is 1.59. The Hall–Kier alpha value is -1.51. The maximum atomic E-state index is 12.9. The smallest absolute Gasteiger partial charge is 0.243 e. The zero-order valence-corrected chi connectivity index (χ0v) is 17.2. The van der Waals surface area contributed by atoms with E-state index in [9.17, 15) is 8.42 Å². The van der Waals surface area contributed by atoms with Gasteiger partial charge in [-0.05, 0) is 24.1 Å². The van der Waals surface area contributed by atoms with Gasteiger partial charge in [0.2, 0.25) is 15.2 Å². The SMILES string of the molecule is CCCc1ccc(S(=O)(=O)N2CCN(c3nnc(C(C)C)s3)CC2)cc1. The molecule has 0 bridgehead atoms. The van der Waals surface area contributed by atoms with E-state index in [2.05, 4.69) is 35.9 Å². The van der Waals surface area contributed by atoms with E-state index in [0.717, 1.165) is 23.0 Å². The van der Waals surface area contributed by atoms with Crippen molar-refractivity contribution in [3.05, 3.63) is 34.8 Å². The molecule has 1 aliphatic heterocycles. The quantitative estimate of drug-likeness (QED) is 0.753. The van der Waals surface area contributed by atoms with Crippen LogP contribution in [0.4, 0.5) is 5.13 Å². The van der Waals surface area contributed by atoms with Crippen LogP contribution in [0, 0.1) is 0 Å². The van der Waals surface area contributed by atoms with Crippen LogP contribution in [0.25, 0.3) is 0 Å². The van der Waals surface area contributed by atoms with Gasteiger partial charge in [0.25, 0.3) is 0 Å². The summed E-state index contributed by atoms with van der Waals surface area (Å²) in [6.07, 6.45) is 2.03. The number of hydrogen-bond acceptors (Lipinski definition) is 6. The van der Waals surface area contributed by atoms with Crippen molar-refractivity contribution in [2.24, 2.45) is 0 Å². The van der Waals surface area contributed by atoms with Gasteiger partial charge < -0.3 is 4.90 Å². The average Bonchev–Trinajstić information content (AvgIpc) is 3.13. The van der Waals surface area contributed by atoms with Gasteiger partial charge >= 0.3 is 0 Å². The van der Waals surface area contributed by atoms with Crippen LogP contribution in [0.15, 0.2) is 29.2 Å². The number of piperazine rings is 1. The minimum atomic E-state index is -3.43. The van der Waals surface area contributed by atoms with E-state index in [1.54, 1.807) is 27.8 Å². The Morgan fingerprint density at radius 1 is 1.08 bits per heavy atom. The molecule has 0 unspecified atom stereocenters. The van der Waals surface area contributed by atoms with E-state index in [0.29, 0.717) is 37.0 Å². The molecule has 0 radical (unpaired) electrons. The highest BCUT2D eigenvalue weighted by Crippen LogP contribution is 2.27. The van der Waals surface area contributed by atoms with E-state index in [-0.39, 0.29) is 0 Å². The van der Waals surface area contributed by atoms with Crippen molar-refractivity contribution in [2.45, 2.75) is 44.4 Å². The van der Waals surface area contributed by atoms with Crippen LogP contribution in [0.3, 0.4) is 0 Å². The fourth-order valence-electron chi connectivity index (χ4n) is 2.97. The molecule has 0 amide bonds. The number of sulfonamides is 1. The summed E-state index contributed by atoms with van der Waals surface area (Å²) in [5.74, 6) is 0.360. The molecule has 0 saturated carbocycles. The van der Waals surface area contributed by atoms with Gasteiger partial charge in [-0.3, -0.25) is 0 Å². The molecular formula is C18H26N4O2S2. The topological polar surface area (TPSA) is 66.4 Å². The minimum absolute atomic E-state index is 0.360. The molecule has 1 aromatic carbocycles. The monoisotopic (exact) mass is 394 g/mol. The molecular weight excluding hydrogens is 368 g/mol. The van der Waals surface area contributed by atoms with Gasteiger partial charge in [0.1, 0.15) is 5.01 Å². The molecule has 1 fully saturated rings. The zero-order valence-electron chi connectivity index (χ0n) is 15.6. The average molecular weight is 395 g/mol. The molecule has 0 aliphatic carbocycles. The maximum absolute atomic E-state index is 12.9. The minimum Gasteiger partial charge on any atom is -0.344 e. The van der Waals surface area contributed by atoms with E-state index in [1.165, 1.54) is 5.56 Å². The molecule has 8 heteroatoms. The summed E-state index contributed by atoms with van der Waals surface area (Å²) < 4.78 is 27.3. The molecule has 1 saturated heterocycles. The van der Waals surface area contributed by atoms with Gasteiger partial charge in [0.15, 0.2) is 0 Å². The third-order valence-electron chi connectivity index (χ3n) is 4.53. The number of nitrogens with zero attached hydrogens (tertiary/aromatic N) is 4. The molecule has 142 valence electrons. The summed E-state index contributed by atoms with van der Waals surface area (Å²) in [5, 5.41) is 10.4. The first-order valence-electron chi connectivity index (χ1n) is 9.09. The number of rotatable bonds is 6. The number of aryl methyl sites for hydroxylation is 1. The lowest BCUT2D eigenvalue weighted by Gasteiger charge is -2.33. The highest BCUT2D eigenvalue weighted by Gasteiger charge is 2.29. The van der Waals surface area contributed by atoms with Crippen LogP contribution in [0.5, 0.6) is 0 Å².